The number of anilines is 1. The number of nitrogens with one attached hydrogen (secondary N) is 1. The summed E-state index contributed by atoms with van der Waals surface area (Å²) in [4.78, 5) is 4.56. The van der Waals surface area contributed by atoms with Gasteiger partial charge in [-0.2, -0.15) is 0 Å². The first-order chi connectivity index (χ1) is 9.06. The number of halogens is 1. The van der Waals surface area contributed by atoms with Gasteiger partial charge in [-0.05, 0) is 44.2 Å². The van der Waals surface area contributed by atoms with Crippen LogP contribution in [0.5, 0.6) is 0 Å². The Morgan fingerprint density at radius 2 is 2.26 bits per heavy atom. The van der Waals surface area contributed by atoms with Gasteiger partial charge in [0.15, 0.2) is 0 Å². The van der Waals surface area contributed by atoms with E-state index in [1.54, 1.807) is 6.07 Å². The fourth-order valence-corrected chi connectivity index (χ4v) is 2.53. The van der Waals surface area contributed by atoms with Gasteiger partial charge in [0.25, 0.3) is 0 Å². The second-order valence-corrected chi connectivity index (χ2v) is 5.56. The maximum absolute atomic E-state index is 13.2. The molecule has 3 nitrogen and oxygen atoms in total. The molecule has 1 aromatic carbocycles. The smallest absolute Gasteiger partial charge is 0.126 e. The lowest BCUT2D eigenvalue weighted by molar-refractivity contribution is 0.233. The van der Waals surface area contributed by atoms with E-state index in [9.17, 15) is 4.39 Å². The lowest BCUT2D eigenvalue weighted by Gasteiger charge is -2.32. The molecule has 1 saturated heterocycles. The molecule has 1 aromatic rings. The molecule has 2 rings (SSSR count). The van der Waals surface area contributed by atoms with Gasteiger partial charge in [0.1, 0.15) is 5.82 Å². The van der Waals surface area contributed by atoms with Gasteiger partial charge in [0, 0.05) is 45.0 Å². The number of hydrogen-bond acceptors (Lipinski definition) is 3. The van der Waals surface area contributed by atoms with Crippen molar-refractivity contribution < 1.29 is 4.39 Å². The third-order valence-corrected chi connectivity index (χ3v) is 3.85. The zero-order chi connectivity index (χ0) is 13.8. The molecule has 0 saturated carbocycles. The van der Waals surface area contributed by atoms with Crippen LogP contribution in [0.25, 0.3) is 0 Å². The largest absolute Gasteiger partial charge is 0.375 e. The van der Waals surface area contributed by atoms with E-state index in [4.69, 9.17) is 0 Å². The summed E-state index contributed by atoms with van der Waals surface area (Å²) in [6.45, 7) is 6.10. The summed E-state index contributed by atoms with van der Waals surface area (Å²) < 4.78 is 13.2. The first kappa shape index (κ1) is 14.3. The molecule has 1 aliphatic heterocycles. The van der Waals surface area contributed by atoms with E-state index in [1.165, 1.54) is 0 Å². The third-order valence-electron chi connectivity index (χ3n) is 3.85. The van der Waals surface area contributed by atoms with Crippen molar-refractivity contribution in [1.29, 1.82) is 0 Å². The first-order valence-corrected chi connectivity index (χ1v) is 6.95. The molecule has 0 spiro atoms. The van der Waals surface area contributed by atoms with Crippen LogP contribution >= 0.6 is 0 Å². The van der Waals surface area contributed by atoms with Gasteiger partial charge in [0.2, 0.25) is 0 Å². The van der Waals surface area contributed by atoms with Crippen LogP contribution in [0, 0.1) is 12.7 Å². The highest BCUT2D eigenvalue weighted by Crippen LogP contribution is 2.17. The predicted molar refractivity (Wildman–Crippen MR) is 78.3 cm³/mol. The highest BCUT2D eigenvalue weighted by molar-refractivity contribution is 5.48. The van der Waals surface area contributed by atoms with Crippen molar-refractivity contribution in [3.05, 3.63) is 29.6 Å². The SMILES string of the molecule is Cc1cc(N(C)CCC2CN(C)CCN2)ccc1F. The molecule has 1 heterocycles. The number of aryl methyl sites for hydroxylation is 1. The van der Waals surface area contributed by atoms with Crippen LogP contribution in [-0.2, 0) is 0 Å². The molecule has 1 aliphatic rings. The topological polar surface area (TPSA) is 18.5 Å². The Morgan fingerprint density at radius 3 is 2.95 bits per heavy atom. The Hall–Kier alpha value is -1.13. The van der Waals surface area contributed by atoms with E-state index >= 15 is 0 Å². The van der Waals surface area contributed by atoms with E-state index in [-0.39, 0.29) is 5.82 Å². The molecule has 0 radical (unpaired) electrons. The number of rotatable bonds is 4. The second kappa shape index (κ2) is 6.35. The van der Waals surface area contributed by atoms with E-state index < -0.39 is 0 Å². The Morgan fingerprint density at radius 1 is 1.47 bits per heavy atom. The lowest BCUT2D eigenvalue weighted by Crippen LogP contribution is -2.49. The highest BCUT2D eigenvalue weighted by atomic mass is 19.1. The predicted octanol–water partition coefficient (Wildman–Crippen LogP) is 1.86. The van der Waals surface area contributed by atoms with Crippen LogP contribution in [0.1, 0.15) is 12.0 Å². The van der Waals surface area contributed by atoms with Crippen molar-refractivity contribution in [2.75, 3.05) is 45.2 Å². The van der Waals surface area contributed by atoms with Gasteiger partial charge in [-0.1, -0.05) is 0 Å². The number of hydrogen-bond donors (Lipinski definition) is 1. The molecule has 0 aromatic heterocycles. The number of benzene rings is 1. The molecule has 1 fully saturated rings. The van der Waals surface area contributed by atoms with Crippen molar-refractivity contribution in [3.63, 3.8) is 0 Å². The van der Waals surface area contributed by atoms with Crippen molar-refractivity contribution >= 4 is 5.69 Å². The van der Waals surface area contributed by atoms with Gasteiger partial charge < -0.3 is 15.1 Å². The number of piperazine rings is 1. The van der Waals surface area contributed by atoms with Gasteiger partial charge in [-0.3, -0.25) is 0 Å². The monoisotopic (exact) mass is 265 g/mol. The van der Waals surface area contributed by atoms with Crippen LogP contribution < -0.4 is 10.2 Å². The zero-order valence-corrected chi connectivity index (χ0v) is 12.1. The molecule has 19 heavy (non-hydrogen) atoms. The summed E-state index contributed by atoms with van der Waals surface area (Å²) in [5.41, 5.74) is 1.79. The average molecular weight is 265 g/mol. The third kappa shape index (κ3) is 3.91. The standard InChI is InChI=1S/C15H24FN3/c1-12-10-14(4-5-15(12)16)19(3)8-6-13-11-18(2)9-7-17-13/h4-5,10,13,17H,6-9,11H2,1-3H3. The maximum Gasteiger partial charge on any atom is 0.126 e. The van der Waals surface area contributed by atoms with E-state index in [2.05, 4.69) is 29.2 Å². The summed E-state index contributed by atoms with van der Waals surface area (Å²) in [5, 5.41) is 3.55. The van der Waals surface area contributed by atoms with Crippen LogP contribution in [0.2, 0.25) is 0 Å². The Kier molecular flexibility index (Phi) is 4.77. The van der Waals surface area contributed by atoms with Crippen molar-refractivity contribution in [3.8, 4) is 0 Å². The summed E-state index contributed by atoms with van der Waals surface area (Å²) in [7, 11) is 4.24. The Bertz CT molecular complexity index is 422. The summed E-state index contributed by atoms with van der Waals surface area (Å²) >= 11 is 0. The van der Waals surface area contributed by atoms with E-state index in [1.807, 2.05) is 19.1 Å². The van der Waals surface area contributed by atoms with Crippen molar-refractivity contribution in [1.82, 2.24) is 10.2 Å². The molecule has 0 bridgehead atoms. The molecule has 106 valence electrons. The van der Waals surface area contributed by atoms with Crippen LogP contribution in [0.15, 0.2) is 18.2 Å². The fraction of sp³-hybridized carbons (Fsp3) is 0.600. The van der Waals surface area contributed by atoms with E-state index in [0.717, 1.165) is 38.3 Å². The number of nitrogens with zero attached hydrogens (tertiary/aromatic N) is 2. The zero-order valence-electron chi connectivity index (χ0n) is 12.1. The lowest BCUT2D eigenvalue weighted by atomic mass is 10.1. The van der Waals surface area contributed by atoms with Crippen LogP contribution in [0.4, 0.5) is 10.1 Å². The molecule has 1 atom stereocenters. The molecular weight excluding hydrogens is 241 g/mol. The second-order valence-electron chi connectivity index (χ2n) is 5.56. The van der Waals surface area contributed by atoms with Gasteiger partial charge in [-0.15, -0.1) is 0 Å². The van der Waals surface area contributed by atoms with Gasteiger partial charge in [0.05, 0.1) is 0 Å². The molecule has 0 amide bonds. The van der Waals surface area contributed by atoms with Crippen LogP contribution in [-0.4, -0.2) is 51.2 Å². The normalized spacial score (nSPS) is 20.5. The molecule has 1 N–H and O–H groups in total. The van der Waals surface area contributed by atoms with Gasteiger partial charge in [-0.25, -0.2) is 4.39 Å². The quantitative estimate of drug-likeness (QED) is 0.896. The molecule has 1 unspecified atom stereocenters. The molecular formula is C15H24FN3. The average Bonchev–Trinajstić information content (AvgIpc) is 2.39. The summed E-state index contributed by atoms with van der Waals surface area (Å²) in [5.74, 6) is -0.132. The molecule has 4 heteroatoms. The molecule has 0 aliphatic carbocycles. The minimum atomic E-state index is -0.132. The number of likely N-dealkylation sites (N-methyl/N-ethyl adjacent to an activating group) is 1. The van der Waals surface area contributed by atoms with Crippen LogP contribution in [0.3, 0.4) is 0 Å². The minimum absolute atomic E-state index is 0.132. The Labute approximate surface area is 115 Å². The van der Waals surface area contributed by atoms with E-state index in [0.29, 0.717) is 11.6 Å². The fourth-order valence-electron chi connectivity index (χ4n) is 2.53. The van der Waals surface area contributed by atoms with Gasteiger partial charge >= 0.3 is 0 Å². The summed E-state index contributed by atoms with van der Waals surface area (Å²) in [6, 6.07) is 5.87. The van der Waals surface area contributed by atoms with Crippen molar-refractivity contribution in [2.45, 2.75) is 19.4 Å². The Balaban J connectivity index is 1.86. The minimum Gasteiger partial charge on any atom is -0.375 e. The first-order valence-electron chi connectivity index (χ1n) is 6.95. The highest BCUT2D eigenvalue weighted by Gasteiger charge is 2.16. The maximum atomic E-state index is 13.2. The summed E-state index contributed by atoms with van der Waals surface area (Å²) in [6.07, 6.45) is 1.11. The van der Waals surface area contributed by atoms with Crippen molar-refractivity contribution in [2.24, 2.45) is 0 Å².